The monoisotopic (exact) mass is 286 g/mol. The van der Waals surface area contributed by atoms with Gasteiger partial charge in [-0.25, -0.2) is 4.57 Å². The Morgan fingerprint density at radius 1 is 1.50 bits per heavy atom. The number of aromatic amines is 1. The van der Waals surface area contributed by atoms with E-state index in [2.05, 4.69) is 14.7 Å². The van der Waals surface area contributed by atoms with Crippen molar-refractivity contribution in [1.82, 2.24) is 10.2 Å². The van der Waals surface area contributed by atoms with Gasteiger partial charge in [0.05, 0.1) is 0 Å². The highest BCUT2D eigenvalue weighted by Crippen LogP contribution is 2.41. The molecule has 0 aliphatic rings. The first kappa shape index (κ1) is 13.2. The zero-order chi connectivity index (χ0) is 12.3. The highest BCUT2D eigenvalue weighted by molar-refractivity contribution is 7.46. The van der Waals surface area contributed by atoms with Crippen LogP contribution in [0.2, 0.25) is 0 Å². The summed E-state index contributed by atoms with van der Waals surface area (Å²) >= 11 is 10.6. The van der Waals surface area contributed by atoms with E-state index in [9.17, 15) is 9.36 Å². The van der Waals surface area contributed by atoms with Crippen LogP contribution in [0.1, 0.15) is 10.5 Å². The Balaban J connectivity index is 3.03. The van der Waals surface area contributed by atoms with E-state index in [-0.39, 0.29) is 5.69 Å². The molecule has 0 saturated heterocycles. The fourth-order valence-corrected chi connectivity index (χ4v) is 1.55. The van der Waals surface area contributed by atoms with E-state index in [1.54, 1.807) is 0 Å². The summed E-state index contributed by atoms with van der Waals surface area (Å²) in [6.45, 7) is 0. The maximum absolute atomic E-state index is 11.6. The number of phosphoric acid groups is 1. The van der Waals surface area contributed by atoms with Gasteiger partial charge in [-0.3, -0.25) is 19.7 Å². The van der Waals surface area contributed by atoms with Gasteiger partial charge < -0.3 is 4.52 Å². The smallest absolute Gasteiger partial charge is 0.397 e. The molecule has 16 heavy (non-hydrogen) atoms. The lowest BCUT2D eigenvalue weighted by molar-refractivity contribution is 0.0962. The summed E-state index contributed by atoms with van der Waals surface area (Å²) in [6, 6.07) is 1.27. The second-order valence-corrected chi connectivity index (χ2v) is 4.58. The maximum atomic E-state index is 11.6. The predicted octanol–water partition coefficient (Wildman–Crippen LogP) is 1.35. The van der Waals surface area contributed by atoms with Gasteiger partial charge in [-0.15, -0.1) is 0 Å². The molecule has 0 aliphatic heterocycles. The van der Waals surface area contributed by atoms with Gasteiger partial charge in [0.15, 0.2) is 4.49 Å². The van der Waals surface area contributed by atoms with E-state index in [0.29, 0.717) is 0 Å². The number of halogens is 2. The Bertz CT molecular complexity index is 461. The summed E-state index contributed by atoms with van der Waals surface area (Å²) in [5.41, 5.74) is -0.0674. The molecular weight excluding hydrogens is 282 g/mol. The predicted molar refractivity (Wildman–Crippen MR) is 54.8 cm³/mol. The third-order valence-corrected chi connectivity index (χ3v) is 2.10. The van der Waals surface area contributed by atoms with Crippen molar-refractivity contribution >= 4 is 36.8 Å². The summed E-state index contributed by atoms with van der Waals surface area (Å²) in [5, 5.41) is 5.75. The summed E-state index contributed by atoms with van der Waals surface area (Å²) in [4.78, 5) is 28.6. The van der Waals surface area contributed by atoms with E-state index in [4.69, 9.17) is 33.0 Å². The highest BCUT2D eigenvalue weighted by atomic mass is 35.5. The number of carbonyl (C=O) groups is 1. The normalized spacial score (nSPS) is 11.0. The first-order valence-electron chi connectivity index (χ1n) is 3.66. The first-order valence-corrected chi connectivity index (χ1v) is 5.94. The molecule has 1 aromatic heterocycles. The molecule has 10 heteroatoms. The third-order valence-electron chi connectivity index (χ3n) is 1.33. The number of ketones is 1. The number of nitrogens with zero attached hydrogens (tertiary/aromatic N) is 1. The standard InChI is InChI=1S/C6H5Cl2N2O5P/c7-6(8)5(15-16(12,13)14)4(11)3-1-2-9-10-3/h1-2H,(H,9,10)(H2,12,13,14). The lowest BCUT2D eigenvalue weighted by atomic mass is 10.2. The molecule has 88 valence electrons. The van der Waals surface area contributed by atoms with Crippen LogP contribution < -0.4 is 0 Å². The molecule has 0 amide bonds. The molecule has 3 N–H and O–H groups in total. The van der Waals surface area contributed by atoms with Crippen LogP contribution in [0.15, 0.2) is 22.5 Å². The second kappa shape index (κ2) is 4.99. The number of nitrogens with one attached hydrogen (secondary N) is 1. The van der Waals surface area contributed by atoms with Crippen molar-refractivity contribution in [2.24, 2.45) is 0 Å². The Kier molecular flexibility index (Phi) is 4.12. The minimum atomic E-state index is -4.91. The molecule has 0 aliphatic carbocycles. The van der Waals surface area contributed by atoms with Crippen LogP contribution in [0.3, 0.4) is 0 Å². The number of allylic oxidation sites excluding steroid dienone is 1. The van der Waals surface area contributed by atoms with Gasteiger partial charge in [0, 0.05) is 6.20 Å². The van der Waals surface area contributed by atoms with Crippen molar-refractivity contribution in [1.29, 1.82) is 0 Å². The molecule has 0 fully saturated rings. The Hall–Kier alpha value is -0.850. The van der Waals surface area contributed by atoms with E-state index in [0.717, 1.165) is 0 Å². The van der Waals surface area contributed by atoms with E-state index >= 15 is 0 Å². The number of hydrogen-bond donors (Lipinski definition) is 3. The molecule has 1 aromatic rings. The van der Waals surface area contributed by atoms with Crippen LogP contribution in [-0.2, 0) is 9.09 Å². The molecule has 0 radical (unpaired) electrons. The minimum absolute atomic E-state index is 0.0674. The third kappa shape index (κ3) is 3.62. The van der Waals surface area contributed by atoms with Gasteiger partial charge in [0.25, 0.3) is 0 Å². The molecule has 0 spiro atoms. The van der Waals surface area contributed by atoms with Crippen molar-refractivity contribution in [2.75, 3.05) is 0 Å². The van der Waals surface area contributed by atoms with Crippen LogP contribution in [0, 0.1) is 0 Å². The summed E-state index contributed by atoms with van der Waals surface area (Å²) in [5.74, 6) is -1.76. The molecule has 1 heterocycles. The van der Waals surface area contributed by atoms with Crippen molar-refractivity contribution < 1.29 is 23.7 Å². The van der Waals surface area contributed by atoms with Crippen LogP contribution >= 0.6 is 31.0 Å². The van der Waals surface area contributed by atoms with Crippen LogP contribution in [-0.4, -0.2) is 25.8 Å². The van der Waals surface area contributed by atoms with Crippen molar-refractivity contribution in [3.8, 4) is 0 Å². The zero-order valence-electron chi connectivity index (χ0n) is 7.42. The molecule has 0 unspecified atom stereocenters. The number of phosphoric ester groups is 1. The molecule has 0 aromatic carbocycles. The highest BCUT2D eigenvalue weighted by Gasteiger charge is 2.27. The number of rotatable bonds is 4. The average molecular weight is 287 g/mol. The molecule has 7 nitrogen and oxygen atoms in total. The zero-order valence-corrected chi connectivity index (χ0v) is 9.83. The summed E-state index contributed by atoms with van der Waals surface area (Å²) in [7, 11) is -4.91. The summed E-state index contributed by atoms with van der Waals surface area (Å²) in [6.07, 6.45) is 1.27. The van der Waals surface area contributed by atoms with E-state index in [1.807, 2.05) is 0 Å². The van der Waals surface area contributed by atoms with Crippen molar-refractivity contribution in [2.45, 2.75) is 0 Å². The maximum Gasteiger partial charge on any atom is 0.525 e. The second-order valence-electron chi connectivity index (χ2n) is 2.47. The number of Topliss-reactive ketones (excluding diaryl/α,β-unsaturated/α-hetero) is 1. The van der Waals surface area contributed by atoms with Gasteiger partial charge in [-0.1, -0.05) is 23.2 Å². The van der Waals surface area contributed by atoms with Gasteiger partial charge >= 0.3 is 7.82 Å². The van der Waals surface area contributed by atoms with Crippen molar-refractivity contribution in [3.05, 3.63) is 28.2 Å². The van der Waals surface area contributed by atoms with Crippen molar-refractivity contribution in [3.63, 3.8) is 0 Å². The largest absolute Gasteiger partial charge is 0.525 e. The lowest BCUT2D eigenvalue weighted by Crippen LogP contribution is -2.07. The topological polar surface area (TPSA) is 113 Å². The fourth-order valence-electron chi connectivity index (χ4n) is 0.785. The molecule has 0 saturated carbocycles. The summed E-state index contributed by atoms with van der Waals surface area (Å²) < 4.78 is 13.9. The number of aromatic nitrogens is 2. The quantitative estimate of drug-likeness (QED) is 0.333. The number of hydrogen-bond acceptors (Lipinski definition) is 4. The van der Waals surface area contributed by atoms with Gasteiger partial charge in [-0.2, -0.15) is 5.10 Å². The Morgan fingerprint density at radius 3 is 2.50 bits per heavy atom. The molecule has 0 atom stereocenters. The van der Waals surface area contributed by atoms with Gasteiger partial charge in [0.1, 0.15) is 5.69 Å². The first-order chi connectivity index (χ1) is 7.31. The number of carbonyl (C=O) groups excluding carboxylic acids is 1. The van der Waals surface area contributed by atoms with E-state index in [1.165, 1.54) is 12.3 Å². The molecule has 1 rings (SSSR count). The minimum Gasteiger partial charge on any atom is -0.397 e. The van der Waals surface area contributed by atoms with Crippen LogP contribution in [0.25, 0.3) is 0 Å². The SMILES string of the molecule is O=C(C(OP(=O)(O)O)=C(Cl)Cl)c1ccn[nH]1. The van der Waals surface area contributed by atoms with Gasteiger partial charge in [-0.05, 0) is 6.07 Å². The average Bonchev–Trinajstić information content (AvgIpc) is 2.63. The fraction of sp³-hybridized carbons (Fsp3) is 0. The van der Waals surface area contributed by atoms with Crippen LogP contribution in [0.5, 0.6) is 0 Å². The molecular formula is C6H5Cl2N2O5P. The van der Waals surface area contributed by atoms with Gasteiger partial charge in [0.2, 0.25) is 11.5 Å². The Labute approximate surface area is 99.3 Å². The van der Waals surface area contributed by atoms with Crippen LogP contribution in [0.4, 0.5) is 0 Å². The molecule has 0 bridgehead atoms. The number of H-pyrrole nitrogens is 1. The lowest BCUT2D eigenvalue weighted by Gasteiger charge is -2.08. The van der Waals surface area contributed by atoms with E-state index < -0.39 is 23.9 Å². The Morgan fingerprint density at radius 2 is 2.12 bits per heavy atom.